The van der Waals surface area contributed by atoms with Crippen LogP contribution in [0.1, 0.15) is 32.9 Å². The summed E-state index contributed by atoms with van der Waals surface area (Å²) in [6.45, 7) is 6.57. The number of rotatable bonds is 5. The lowest BCUT2D eigenvalue weighted by atomic mass is 10.0. The van der Waals surface area contributed by atoms with Gasteiger partial charge in [0.15, 0.2) is 5.82 Å². The third kappa shape index (κ3) is 3.63. The van der Waals surface area contributed by atoms with Crippen molar-refractivity contribution in [3.8, 4) is 0 Å². The Morgan fingerprint density at radius 2 is 1.94 bits per heavy atom. The summed E-state index contributed by atoms with van der Waals surface area (Å²) in [7, 11) is 2.00. The first-order chi connectivity index (χ1) is 7.93. The zero-order chi connectivity index (χ0) is 13.0. The van der Waals surface area contributed by atoms with Crippen molar-refractivity contribution >= 4 is 23.0 Å². The van der Waals surface area contributed by atoms with Gasteiger partial charge in [-0.3, -0.25) is 0 Å². The smallest absolute Gasteiger partial charge is 0.157 e. The highest BCUT2D eigenvalue weighted by Crippen LogP contribution is 2.19. The standard InChI is InChI=1S/C12H20N4S/c1-8(2)7-9(3)16(4)12-10(11(13)17)14-5-6-15-12/h5-6,8-9H,7H2,1-4H3,(H2,13,17). The summed E-state index contributed by atoms with van der Waals surface area (Å²) < 4.78 is 0. The van der Waals surface area contributed by atoms with Crippen LogP contribution < -0.4 is 10.6 Å². The molecule has 0 amide bonds. The Morgan fingerprint density at radius 1 is 1.35 bits per heavy atom. The minimum atomic E-state index is 0.289. The number of aromatic nitrogens is 2. The summed E-state index contributed by atoms with van der Waals surface area (Å²) >= 11 is 4.99. The van der Waals surface area contributed by atoms with Crippen molar-refractivity contribution in [3.63, 3.8) is 0 Å². The van der Waals surface area contributed by atoms with Crippen LogP contribution in [0, 0.1) is 5.92 Å². The zero-order valence-electron chi connectivity index (χ0n) is 10.8. The van der Waals surface area contributed by atoms with Gasteiger partial charge in [0.05, 0.1) is 0 Å². The van der Waals surface area contributed by atoms with Gasteiger partial charge in [-0.15, -0.1) is 0 Å². The lowest BCUT2D eigenvalue weighted by Crippen LogP contribution is -2.33. The quantitative estimate of drug-likeness (QED) is 0.812. The van der Waals surface area contributed by atoms with Crippen molar-refractivity contribution in [2.24, 2.45) is 11.7 Å². The summed E-state index contributed by atoms with van der Waals surface area (Å²) in [6, 6.07) is 0.375. The van der Waals surface area contributed by atoms with E-state index >= 15 is 0 Å². The maximum atomic E-state index is 5.66. The van der Waals surface area contributed by atoms with Gasteiger partial charge in [0, 0.05) is 25.5 Å². The monoisotopic (exact) mass is 252 g/mol. The van der Waals surface area contributed by atoms with Crippen LogP contribution in [0.4, 0.5) is 5.82 Å². The molecule has 1 aromatic heterocycles. The minimum absolute atomic E-state index is 0.289. The normalized spacial score (nSPS) is 12.5. The van der Waals surface area contributed by atoms with Crippen LogP contribution in [0.5, 0.6) is 0 Å². The summed E-state index contributed by atoms with van der Waals surface area (Å²) in [4.78, 5) is 10.9. The van der Waals surface area contributed by atoms with Crippen molar-refractivity contribution in [3.05, 3.63) is 18.1 Å². The van der Waals surface area contributed by atoms with Crippen LogP contribution in [0.25, 0.3) is 0 Å². The lowest BCUT2D eigenvalue weighted by molar-refractivity contribution is 0.501. The summed E-state index contributed by atoms with van der Waals surface area (Å²) in [6.07, 6.45) is 4.36. The number of hydrogen-bond acceptors (Lipinski definition) is 4. The fraction of sp³-hybridized carbons (Fsp3) is 0.583. The van der Waals surface area contributed by atoms with Gasteiger partial charge in [0.2, 0.25) is 0 Å². The van der Waals surface area contributed by atoms with E-state index < -0.39 is 0 Å². The highest BCUT2D eigenvalue weighted by molar-refractivity contribution is 7.80. The Morgan fingerprint density at radius 3 is 2.47 bits per heavy atom. The molecule has 94 valence electrons. The molecule has 1 heterocycles. The van der Waals surface area contributed by atoms with E-state index in [1.165, 1.54) is 0 Å². The van der Waals surface area contributed by atoms with E-state index in [4.69, 9.17) is 18.0 Å². The van der Waals surface area contributed by atoms with E-state index in [0.717, 1.165) is 12.2 Å². The molecule has 0 fully saturated rings. The van der Waals surface area contributed by atoms with E-state index in [1.807, 2.05) is 7.05 Å². The molecule has 5 heteroatoms. The Hall–Kier alpha value is -1.23. The molecule has 1 atom stereocenters. The van der Waals surface area contributed by atoms with Crippen LogP contribution in [0.15, 0.2) is 12.4 Å². The molecule has 0 aromatic carbocycles. The topological polar surface area (TPSA) is 55.0 Å². The van der Waals surface area contributed by atoms with Crippen molar-refractivity contribution in [2.45, 2.75) is 33.2 Å². The molecule has 0 saturated carbocycles. The second-order valence-electron chi connectivity index (χ2n) is 4.68. The van der Waals surface area contributed by atoms with Crippen molar-refractivity contribution < 1.29 is 0 Å². The van der Waals surface area contributed by atoms with Crippen molar-refractivity contribution in [1.82, 2.24) is 9.97 Å². The second-order valence-corrected chi connectivity index (χ2v) is 5.12. The highest BCUT2D eigenvalue weighted by atomic mass is 32.1. The highest BCUT2D eigenvalue weighted by Gasteiger charge is 2.17. The molecule has 0 bridgehead atoms. The maximum absolute atomic E-state index is 5.66. The molecule has 1 aromatic rings. The first-order valence-corrected chi connectivity index (χ1v) is 6.18. The molecule has 4 nitrogen and oxygen atoms in total. The molecule has 0 aliphatic heterocycles. The molecule has 0 saturated heterocycles. The molecule has 0 spiro atoms. The Labute approximate surface area is 108 Å². The number of anilines is 1. The summed E-state index contributed by atoms with van der Waals surface area (Å²) in [5, 5.41) is 0. The maximum Gasteiger partial charge on any atom is 0.157 e. The fourth-order valence-corrected chi connectivity index (χ4v) is 1.96. The third-order valence-electron chi connectivity index (χ3n) is 2.72. The lowest BCUT2D eigenvalue weighted by Gasteiger charge is -2.28. The van der Waals surface area contributed by atoms with E-state index in [2.05, 4.69) is 35.6 Å². The van der Waals surface area contributed by atoms with Crippen molar-refractivity contribution in [1.29, 1.82) is 0 Å². The summed E-state index contributed by atoms with van der Waals surface area (Å²) in [5.41, 5.74) is 6.25. The average molecular weight is 252 g/mol. The van der Waals surface area contributed by atoms with Gasteiger partial charge in [-0.1, -0.05) is 26.1 Å². The van der Waals surface area contributed by atoms with Gasteiger partial charge >= 0.3 is 0 Å². The molecule has 1 unspecified atom stereocenters. The number of thiocarbonyl (C=S) groups is 1. The number of nitrogens with two attached hydrogens (primary N) is 1. The molecule has 1 rings (SSSR count). The van der Waals surface area contributed by atoms with Gasteiger partial charge < -0.3 is 10.6 Å². The summed E-state index contributed by atoms with van der Waals surface area (Å²) in [5.74, 6) is 1.39. The Kier molecular flexibility index (Phi) is 4.81. The Bertz CT molecular complexity index is 392. The number of hydrogen-bond donors (Lipinski definition) is 1. The first kappa shape index (κ1) is 13.8. The van der Waals surface area contributed by atoms with Crippen LogP contribution in [-0.2, 0) is 0 Å². The van der Waals surface area contributed by atoms with E-state index in [0.29, 0.717) is 17.7 Å². The first-order valence-electron chi connectivity index (χ1n) is 5.77. The minimum Gasteiger partial charge on any atom is -0.388 e. The Balaban J connectivity index is 2.95. The molecule has 2 N–H and O–H groups in total. The average Bonchev–Trinajstić information content (AvgIpc) is 2.27. The van der Waals surface area contributed by atoms with Crippen LogP contribution >= 0.6 is 12.2 Å². The molecule has 0 aliphatic carbocycles. The SMILES string of the molecule is CC(C)CC(C)N(C)c1nccnc1C(N)=S. The predicted molar refractivity (Wildman–Crippen MR) is 75.2 cm³/mol. The van der Waals surface area contributed by atoms with E-state index in [1.54, 1.807) is 12.4 Å². The largest absolute Gasteiger partial charge is 0.388 e. The van der Waals surface area contributed by atoms with Gasteiger partial charge in [0.1, 0.15) is 10.7 Å². The van der Waals surface area contributed by atoms with Gasteiger partial charge in [-0.2, -0.15) is 0 Å². The zero-order valence-corrected chi connectivity index (χ0v) is 11.7. The van der Waals surface area contributed by atoms with Crippen molar-refractivity contribution in [2.75, 3.05) is 11.9 Å². The third-order valence-corrected chi connectivity index (χ3v) is 2.91. The van der Waals surface area contributed by atoms with Crippen LogP contribution in [0.3, 0.4) is 0 Å². The molecule has 0 aliphatic rings. The molecular formula is C12H20N4S. The van der Waals surface area contributed by atoms with Gasteiger partial charge in [-0.05, 0) is 19.3 Å². The van der Waals surface area contributed by atoms with Gasteiger partial charge in [-0.25, -0.2) is 9.97 Å². The second kappa shape index (κ2) is 5.91. The number of nitrogens with zero attached hydrogens (tertiary/aromatic N) is 3. The van der Waals surface area contributed by atoms with Crippen LogP contribution in [0.2, 0.25) is 0 Å². The van der Waals surface area contributed by atoms with E-state index in [9.17, 15) is 0 Å². The molecular weight excluding hydrogens is 232 g/mol. The predicted octanol–water partition coefficient (Wildman–Crippen LogP) is 1.98. The fourth-order valence-electron chi connectivity index (χ4n) is 1.81. The molecule has 0 radical (unpaired) electrons. The van der Waals surface area contributed by atoms with E-state index in [-0.39, 0.29) is 4.99 Å². The van der Waals surface area contributed by atoms with Crippen LogP contribution in [-0.4, -0.2) is 28.0 Å². The molecule has 17 heavy (non-hydrogen) atoms. The van der Waals surface area contributed by atoms with Gasteiger partial charge in [0.25, 0.3) is 0 Å².